The van der Waals surface area contributed by atoms with Gasteiger partial charge in [0.25, 0.3) is 5.91 Å². The lowest BCUT2D eigenvalue weighted by Gasteiger charge is -2.40. The number of para-hydroxylation sites is 1. The number of nitrogens with zero attached hydrogens (tertiary/aromatic N) is 3. The minimum atomic E-state index is -0.569. The molecular weight excluding hydrogens is 468 g/mol. The highest BCUT2D eigenvalue weighted by Crippen LogP contribution is 2.32. The van der Waals surface area contributed by atoms with Gasteiger partial charge in [-0.15, -0.1) is 0 Å². The molecule has 1 saturated heterocycles. The topological polar surface area (TPSA) is 87.2 Å². The molecule has 3 heterocycles. The molecule has 0 bridgehead atoms. The quantitative estimate of drug-likeness (QED) is 0.412. The molecule has 8 heteroatoms. The number of aromatic amines is 1. The fourth-order valence-corrected chi connectivity index (χ4v) is 5.02. The Morgan fingerprint density at radius 3 is 2.68 bits per heavy atom. The lowest BCUT2D eigenvalue weighted by Crippen LogP contribution is -2.60. The molecule has 2 aliphatic rings. The van der Waals surface area contributed by atoms with E-state index < -0.39 is 6.04 Å². The van der Waals surface area contributed by atoms with Crippen molar-refractivity contribution in [3.8, 4) is 11.5 Å². The van der Waals surface area contributed by atoms with Gasteiger partial charge < -0.3 is 19.4 Å². The SMILES string of the molecule is COc1cc(OCc2ccccc2)ccc1/C=N/N1CC(=O)N2Cc3[nH]c4ccccc4c3C[C@@H]2C1=O. The van der Waals surface area contributed by atoms with Gasteiger partial charge in [-0.25, -0.2) is 5.01 Å². The van der Waals surface area contributed by atoms with Crippen molar-refractivity contribution in [2.24, 2.45) is 5.10 Å². The first-order chi connectivity index (χ1) is 18.1. The van der Waals surface area contributed by atoms with Crippen LogP contribution in [0.25, 0.3) is 10.9 Å². The Hall–Kier alpha value is -4.59. The number of amides is 2. The predicted molar refractivity (Wildman–Crippen MR) is 139 cm³/mol. The minimum absolute atomic E-state index is 0.0953. The Morgan fingerprint density at radius 2 is 1.84 bits per heavy atom. The highest BCUT2D eigenvalue weighted by atomic mass is 16.5. The maximum absolute atomic E-state index is 13.4. The zero-order valence-corrected chi connectivity index (χ0v) is 20.4. The summed E-state index contributed by atoms with van der Waals surface area (Å²) in [6, 6.07) is 22.8. The second-order valence-electron chi connectivity index (χ2n) is 9.19. The number of nitrogens with one attached hydrogen (secondary N) is 1. The van der Waals surface area contributed by atoms with Gasteiger partial charge in [0.05, 0.1) is 19.9 Å². The van der Waals surface area contributed by atoms with Crippen molar-refractivity contribution in [3.63, 3.8) is 0 Å². The lowest BCUT2D eigenvalue weighted by molar-refractivity contribution is -0.157. The molecule has 2 aliphatic heterocycles. The normalized spacial score (nSPS) is 17.3. The first kappa shape index (κ1) is 22.8. The molecule has 0 aliphatic carbocycles. The Balaban J connectivity index is 1.19. The van der Waals surface area contributed by atoms with Crippen molar-refractivity contribution in [1.82, 2.24) is 14.9 Å². The molecule has 0 radical (unpaired) electrons. The van der Waals surface area contributed by atoms with Crippen molar-refractivity contribution < 1.29 is 19.1 Å². The van der Waals surface area contributed by atoms with Crippen molar-refractivity contribution in [2.45, 2.75) is 25.6 Å². The summed E-state index contributed by atoms with van der Waals surface area (Å²) in [6.45, 7) is 0.745. The van der Waals surface area contributed by atoms with E-state index in [1.54, 1.807) is 24.3 Å². The molecular formula is C29H26N4O4. The third-order valence-corrected chi connectivity index (χ3v) is 6.94. The molecule has 4 aromatic rings. The molecule has 1 N–H and O–H groups in total. The third kappa shape index (κ3) is 4.31. The van der Waals surface area contributed by atoms with E-state index in [0.29, 0.717) is 36.6 Å². The number of piperazine rings is 1. The summed E-state index contributed by atoms with van der Waals surface area (Å²) in [5.74, 6) is 0.915. The molecule has 0 saturated carbocycles. The summed E-state index contributed by atoms with van der Waals surface area (Å²) >= 11 is 0. The first-order valence-electron chi connectivity index (χ1n) is 12.2. The number of methoxy groups -OCH3 is 1. The summed E-state index contributed by atoms with van der Waals surface area (Å²) in [6.07, 6.45) is 2.02. The number of hydrogen-bond acceptors (Lipinski definition) is 5. The van der Waals surface area contributed by atoms with Gasteiger partial charge in [0.1, 0.15) is 30.7 Å². The van der Waals surface area contributed by atoms with Crippen LogP contribution in [0.3, 0.4) is 0 Å². The molecule has 0 unspecified atom stereocenters. The number of carbonyl (C=O) groups excluding carboxylic acids is 2. The second-order valence-corrected chi connectivity index (χ2v) is 9.19. The van der Waals surface area contributed by atoms with E-state index in [0.717, 1.165) is 27.7 Å². The average Bonchev–Trinajstić information content (AvgIpc) is 3.30. The van der Waals surface area contributed by atoms with Crippen LogP contribution in [-0.4, -0.2) is 52.6 Å². The number of ether oxygens (including phenoxy) is 2. The smallest absolute Gasteiger partial charge is 0.266 e. The van der Waals surface area contributed by atoms with Crippen molar-refractivity contribution in [1.29, 1.82) is 0 Å². The van der Waals surface area contributed by atoms with E-state index >= 15 is 0 Å². The van der Waals surface area contributed by atoms with Crippen LogP contribution in [0.5, 0.6) is 11.5 Å². The molecule has 1 atom stereocenters. The van der Waals surface area contributed by atoms with E-state index in [4.69, 9.17) is 9.47 Å². The first-order valence-corrected chi connectivity index (χ1v) is 12.2. The van der Waals surface area contributed by atoms with Gasteiger partial charge >= 0.3 is 0 Å². The van der Waals surface area contributed by atoms with Gasteiger partial charge in [-0.3, -0.25) is 9.59 Å². The number of hydrazone groups is 1. The van der Waals surface area contributed by atoms with Crippen LogP contribution in [0.2, 0.25) is 0 Å². The fraction of sp³-hybridized carbons (Fsp3) is 0.207. The Labute approximate surface area is 214 Å². The number of H-pyrrole nitrogens is 1. The summed E-state index contributed by atoms with van der Waals surface area (Å²) in [7, 11) is 1.57. The Kier molecular flexibility index (Phi) is 5.84. The summed E-state index contributed by atoms with van der Waals surface area (Å²) in [5, 5.41) is 6.76. The summed E-state index contributed by atoms with van der Waals surface area (Å²) in [5.41, 5.74) is 4.86. The Morgan fingerprint density at radius 1 is 1.03 bits per heavy atom. The van der Waals surface area contributed by atoms with E-state index in [9.17, 15) is 9.59 Å². The minimum Gasteiger partial charge on any atom is -0.496 e. The number of aromatic nitrogens is 1. The van der Waals surface area contributed by atoms with Gasteiger partial charge in [-0.1, -0.05) is 48.5 Å². The van der Waals surface area contributed by atoms with Gasteiger partial charge in [-0.05, 0) is 29.3 Å². The molecule has 186 valence electrons. The molecule has 0 spiro atoms. The zero-order chi connectivity index (χ0) is 25.4. The summed E-state index contributed by atoms with van der Waals surface area (Å²) < 4.78 is 11.4. The van der Waals surface area contributed by atoms with Crippen LogP contribution in [0, 0.1) is 0 Å². The highest BCUT2D eigenvalue weighted by Gasteiger charge is 2.43. The second kappa shape index (κ2) is 9.46. The van der Waals surface area contributed by atoms with E-state index in [1.807, 2.05) is 66.7 Å². The zero-order valence-electron chi connectivity index (χ0n) is 20.4. The highest BCUT2D eigenvalue weighted by molar-refractivity contribution is 5.97. The molecule has 8 nitrogen and oxygen atoms in total. The fourth-order valence-electron chi connectivity index (χ4n) is 5.02. The van der Waals surface area contributed by atoms with Gasteiger partial charge in [0.2, 0.25) is 5.91 Å². The maximum Gasteiger partial charge on any atom is 0.266 e. The number of carbonyl (C=O) groups is 2. The largest absolute Gasteiger partial charge is 0.496 e. The van der Waals surface area contributed by atoms with E-state index in [1.165, 1.54) is 5.01 Å². The number of fused-ring (bicyclic) bond motifs is 4. The van der Waals surface area contributed by atoms with Crippen LogP contribution in [0.15, 0.2) is 77.9 Å². The maximum atomic E-state index is 13.4. The third-order valence-electron chi connectivity index (χ3n) is 6.94. The average molecular weight is 495 g/mol. The van der Waals surface area contributed by atoms with Crippen LogP contribution in [0.4, 0.5) is 0 Å². The Bertz CT molecular complexity index is 1510. The number of hydrogen-bond donors (Lipinski definition) is 1. The number of rotatable bonds is 6. The standard InChI is InChI=1S/C29H26N4O4/c1-36-27-13-21(37-18-19-7-3-2-4-8-19)12-11-20(27)15-30-33-17-28(34)32-16-25-23(14-26(32)29(33)35)22-9-5-6-10-24(22)31-25/h2-13,15,26,31H,14,16-18H2,1H3/b30-15+/t26-/m1/s1. The molecule has 1 fully saturated rings. The predicted octanol–water partition coefficient (Wildman–Crippen LogP) is 3.89. The van der Waals surface area contributed by atoms with Gasteiger partial charge in [0.15, 0.2) is 0 Å². The molecule has 1 aromatic heterocycles. The van der Waals surface area contributed by atoms with Crippen molar-refractivity contribution in [2.75, 3.05) is 13.7 Å². The lowest BCUT2D eigenvalue weighted by atomic mass is 9.94. The van der Waals surface area contributed by atoms with Crippen molar-refractivity contribution in [3.05, 3.63) is 95.2 Å². The number of benzene rings is 3. The van der Waals surface area contributed by atoms with Crippen LogP contribution in [-0.2, 0) is 29.2 Å². The van der Waals surface area contributed by atoms with Gasteiger partial charge in [-0.2, -0.15) is 5.10 Å². The van der Waals surface area contributed by atoms with E-state index in [2.05, 4.69) is 10.1 Å². The van der Waals surface area contributed by atoms with Crippen LogP contribution < -0.4 is 9.47 Å². The van der Waals surface area contributed by atoms with Gasteiger partial charge in [0, 0.05) is 34.6 Å². The van der Waals surface area contributed by atoms with Crippen LogP contribution in [0.1, 0.15) is 22.4 Å². The molecule has 37 heavy (non-hydrogen) atoms. The van der Waals surface area contributed by atoms with Crippen LogP contribution >= 0.6 is 0 Å². The molecule has 2 amide bonds. The van der Waals surface area contributed by atoms with Crippen molar-refractivity contribution >= 4 is 28.9 Å². The van der Waals surface area contributed by atoms with E-state index in [-0.39, 0.29) is 18.4 Å². The molecule has 3 aromatic carbocycles. The monoisotopic (exact) mass is 494 g/mol. The summed E-state index contributed by atoms with van der Waals surface area (Å²) in [4.78, 5) is 31.4. The molecule has 6 rings (SSSR count).